The largest absolute Gasteiger partial charge is 0.339 e. The number of hydrogen-bond donors (Lipinski definition) is 3. The van der Waals surface area contributed by atoms with Crippen molar-refractivity contribution in [2.75, 3.05) is 11.2 Å². The number of amides is 1. The first-order valence-corrected chi connectivity index (χ1v) is 7.93. The van der Waals surface area contributed by atoms with Gasteiger partial charge in [-0.3, -0.25) is 4.79 Å². The number of alkyl halides is 4. The second-order valence-corrected chi connectivity index (χ2v) is 7.26. The molecule has 0 fully saturated rings. The van der Waals surface area contributed by atoms with Gasteiger partial charge in [0.05, 0.1) is 0 Å². The van der Waals surface area contributed by atoms with Crippen LogP contribution in [-0.2, 0) is 4.79 Å². The maximum Gasteiger partial charge on any atom is 0.236 e. The van der Waals surface area contributed by atoms with Gasteiger partial charge >= 0.3 is 0 Å². The monoisotopic (exact) mass is 407 g/mol. The number of benzene rings is 1. The summed E-state index contributed by atoms with van der Waals surface area (Å²) in [5.41, 5.74) is 0.684. The third-order valence-corrected chi connectivity index (χ3v) is 3.50. The first-order chi connectivity index (χ1) is 9.72. The molecule has 1 aromatic carbocycles. The van der Waals surface area contributed by atoms with E-state index in [-0.39, 0.29) is 11.0 Å². The quantitative estimate of drug-likeness (QED) is 0.403. The summed E-state index contributed by atoms with van der Waals surface area (Å²) in [7, 11) is 0. The lowest BCUT2D eigenvalue weighted by Crippen LogP contribution is -2.56. The van der Waals surface area contributed by atoms with E-state index in [1.54, 1.807) is 24.3 Å². The second-order valence-electron chi connectivity index (χ2n) is 3.78. The summed E-state index contributed by atoms with van der Waals surface area (Å²) in [6.45, 7) is 0. The molecule has 21 heavy (non-hydrogen) atoms. The van der Waals surface area contributed by atoms with Crippen LogP contribution in [0.25, 0.3) is 0 Å². The van der Waals surface area contributed by atoms with Crippen LogP contribution in [0.3, 0.4) is 0 Å². The fourth-order valence-electron chi connectivity index (χ4n) is 1.23. The van der Waals surface area contributed by atoms with Crippen molar-refractivity contribution in [3.63, 3.8) is 0 Å². The number of nitrogens with one attached hydrogen (secondary N) is 3. The highest BCUT2D eigenvalue weighted by molar-refractivity contribution is 7.80. The molecule has 1 atom stereocenters. The Kier molecular flexibility index (Phi) is 7.60. The first-order valence-electron chi connectivity index (χ1n) is 5.47. The number of thiocarbonyl (C=S) groups is 1. The summed E-state index contributed by atoms with van der Waals surface area (Å²) >= 11 is 33.6. The Morgan fingerprint density at radius 3 is 2.24 bits per heavy atom. The zero-order valence-corrected chi connectivity index (χ0v) is 14.9. The number of carbonyl (C=O) groups is 1. The van der Waals surface area contributed by atoms with Crippen molar-refractivity contribution >= 4 is 86.9 Å². The Balaban J connectivity index is 2.67. The summed E-state index contributed by atoms with van der Waals surface area (Å²) in [4.78, 5) is 11.3. The molecule has 0 aromatic heterocycles. The third-order valence-electron chi connectivity index (χ3n) is 2.13. The van der Waals surface area contributed by atoms with Gasteiger partial charge in [0, 0.05) is 10.7 Å². The van der Waals surface area contributed by atoms with Crippen molar-refractivity contribution in [3.8, 4) is 0 Å². The van der Waals surface area contributed by atoms with Gasteiger partial charge in [0.15, 0.2) is 5.11 Å². The van der Waals surface area contributed by atoms with Gasteiger partial charge in [-0.1, -0.05) is 46.4 Å². The molecule has 1 amide bonds. The molecule has 4 nitrogen and oxygen atoms in total. The number of halogens is 5. The molecule has 10 heteroatoms. The molecule has 0 aliphatic carbocycles. The number of rotatable bonds is 4. The lowest BCUT2D eigenvalue weighted by molar-refractivity contribution is -0.119. The van der Waals surface area contributed by atoms with Crippen LogP contribution in [0.4, 0.5) is 5.69 Å². The Hall–Kier alpha value is -0.170. The molecule has 0 radical (unpaired) electrons. The van der Waals surface area contributed by atoms with E-state index in [0.29, 0.717) is 10.7 Å². The lowest BCUT2D eigenvalue weighted by Gasteiger charge is -2.27. The highest BCUT2D eigenvalue weighted by atomic mass is 35.6. The van der Waals surface area contributed by atoms with Gasteiger partial charge in [-0.2, -0.15) is 0 Å². The van der Waals surface area contributed by atoms with E-state index in [1.807, 2.05) is 0 Å². The minimum atomic E-state index is -1.81. The average Bonchev–Trinajstić information content (AvgIpc) is 2.39. The minimum absolute atomic E-state index is 0.156. The molecule has 3 N–H and O–H groups in total. The molecule has 0 saturated heterocycles. The molecular formula is C11H10Cl5N3OS. The standard InChI is InChI=1S/C11H10Cl5N3OS/c12-5-8(20)18-9(11(14,15)16)19-10(21)17-7-3-1-6(13)2-4-7/h1-4,9H,5H2,(H,18,20)(H2,17,19,21). The molecule has 1 rings (SSSR count). The van der Waals surface area contributed by atoms with Gasteiger partial charge < -0.3 is 16.0 Å². The highest BCUT2D eigenvalue weighted by Crippen LogP contribution is 2.29. The predicted molar refractivity (Wildman–Crippen MR) is 93.7 cm³/mol. The van der Waals surface area contributed by atoms with E-state index in [2.05, 4.69) is 16.0 Å². The second kappa shape index (κ2) is 8.46. The predicted octanol–water partition coefficient (Wildman–Crippen LogP) is 3.68. The lowest BCUT2D eigenvalue weighted by atomic mass is 10.3. The highest BCUT2D eigenvalue weighted by Gasteiger charge is 2.34. The van der Waals surface area contributed by atoms with Crippen molar-refractivity contribution < 1.29 is 4.79 Å². The molecule has 0 heterocycles. The summed E-state index contributed by atoms with van der Waals surface area (Å²) in [6, 6.07) is 6.82. The summed E-state index contributed by atoms with van der Waals surface area (Å²) in [6.07, 6.45) is -1.04. The first kappa shape index (κ1) is 18.9. The number of carbonyl (C=O) groups excluding carboxylic acids is 1. The van der Waals surface area contributed by atoms with Crippen LogP contribution in [0.2, 0.25) is 5.02 Å². The summed E-state index contributed by atoms with van der Waals surface area (Å²) in [5, 5.41) is 8.70. The van der Waals surface area contributed by atoms with Crippen LogP contribution < -0.4 is 16.0 Å². The van der Waals surface area contributed by atoms with Crippen LogP contribution in [-0.4, -0.2) is 26.9 Å². The zero-order valence-electron chi connectivity index (χ0n) is 10.3. The molecule has 0 spiro atoms. The Morgan fingerprint density at radius 1 is 1.19 bits per heavy atom. The van der Waals surface area contributed by atoms with E-state index < -0.39 is 15.9 Å². The molecule has 0 aliphatic heterocycles. The molecule has 1 aromatic rings. The molecule has 0 saturated carbocycles. The van der Waals surface area contributed by atoms with Gasteiger partial charge in [-0.25, -0.2) is 0 Å². The van der Waals surface area contributed by atoms with Crippen LogP contribution in [0.15, 0.2) is 24.3 Å². The molecule has 0 aliphatic rings. The van der Waals surface area contributed by atoms with E-state index in [1.165, 1.54) is 0 Å². The average molecular weight is 410 g/mol. The fraction of sp³-hybridized carbons (Fsp3) is 0.273. The van der Waals surface area contributed by atoms with Gasteiger partial charge in [0.1, 0.15) is 12.0 Å². The third kappa shape index (κ3) is 7.08. The Bertz CT molecular complexity index is 506. The minimum Gasteiger partial charge on any atom is -0.339 e. The van der Waals surface area contributed by atoms with Crippen LogP contribution in [0, 0.1) is 0 Å². The van der Waals surface area contributed by atoms with E-state index in [4.69, 9.17) is 70.2 Å². The van der Waals surface area contributed by atoms with E-state index in [0.717, 1.165) is 0 Å². The van der Waals surface area contributed by atoms with E-state index in [9.17, 15) is 4.79 Å². The summed E-state index contributed by atoms with van der Waals surface area (Å²) in [5.74, 6) is -0.772. The maximum atomic E-state index is 11.3. The normalized spacial score (nSPS) is 12.4. The van der Waals surface area contributed by atoms with Gasteiger partial charge in [-0.15, -0.1) is 11.6 Å². The molecular weight excluding hydrogens is 399 g/mol. The van der Waals surface area contributed by atoms with Crippen molar-refractivity contribution in [2.45, 2.75) is 9.96 Å². The summed E-state index contributed by atoms with van der Waals surface area (Å²) < 4.78 is -1.81. The van der Waals surface area contributed by atoms with Crippen molar-refractivity contribution in [2.24, 2.45) is 0 Å². The van der Waals surface area contributed by atoms with Crippen LogP contribution in [0.5, 0.6) is 0 Å². The molecule has 0 bridgehead atoms. The topological polar surface area (TPSA) is 53.2 Å². The molecule has 116 valence electrons. The van der Waals surface area contributed by atoms with Crippen molar-refractivity contribution in [1.29, 1.82) is 0 Å². The van der Waals surface area contributed by atoms with Crippen LogP contribution >= 0.6 is 70.2 Å². The van der Waals surface area contributed by atoms with Crippen LogP contribution in [0.1, 0.15) is 0 Å². The Labute approximate surface area is 152 Å². The smallest absolute Gasteiger partial charge is 0.236 e. The SMILES string of the molecule is O=C(CCl)NC(NC(=S)Nc1ccc(Cl)cc1)C(Cl)(Cl)Cl. The van der Waals surface area contributed by atoms with E-state index >= 15 is 0 Å². The van der Waals surface area contributed by atoms with Gasteiger partial charge in [0.25, 0.3) is 0 Å². The number of anilines is 1. The fourth-order valence-corrected chi connectivity index (χ4v) is 2.00. The zero-order chi connectivity index (χ0) is 16.0. The van der Waals surface area contributed by atoms with Crippen molar-refractivity contribution in [1.82, 2.24) is 10.6 Å². The Morgan fingerprint density at radius 2 is 1.76 bits per heavy atom. The van der Waals surface area contributed by atoms with Crippen molar-refractivity contribution in [3.05, 3.63) is 29.3 Å². The van der Waals surface area contributed by atoms with Gasteiger partial charge in [-0.05, 0) is 36.5 Å². The number of hydrogen-bond acceptors (Lipinski definition) is 2. The molecule has 1 unspecified atom stereocenters. The maximum absolute atomic E-state index is 11.3. The van der Waals surface area contributed by atoms with Gasteiger partial charge in [0.2, 0.25) is 9.70 Å².